The van der Waals surface area contributed by atoms with E-state index < -0.39 is 0 Å². The molecule has 0 aliphatic carbocycles. The molecule has 7 heteroatoms. The van der Waals surface area contributed by atoms with Gasteiger partial charge >= 0.3 is 5.69 Å². The van der Waals surface area contributed by atoms with Crippen molar-refractivity contribution in [3.8, 4) is 0 Å². The van der Waals surface area contributed by atoms with Crippen molar-refractivity contribution < 1.29 is 0 Å². The predicted molar refractivity (Wildman–Crippen MR) is 86.1 cm³/mol. The van der Waals surface area contributed by atoms with Crippen molar-refractivity contribution in [1.82, 2.24) is 20.1 Å². The molecule has 2 rings (SSSR count). The van der Waals surface area contributed by atoms with Crippen molar-refractivity contribution in [3.05, 3.63) is 39.3 Å². The topological polar surface area (TPSA) is 62.7 Å². The molecule has 2 N–H and O–H groups in total. The lowest BCUT2D eigenvalue weighted by atomic mass is 10.2. The van der Waals surface area contributed by atoms with Crippen LogP contribution in [0.5, 0.6) is 0 Å². The zero-order valence-electron chi connectivity index (χ0n) is 12.3. The van der Waals surface area contributed by atoms with E-state index in [2.05, 4.69) is 29.4 Å². The molecule has 21 heavy (non-hydrogen) atoms. The summed E-state index contributed by atoms with van der Waals surface area (Å²) < 4.78 is 1.58. The van der Waals surface area contributed by atoms with Gasteiger partial charge in [-0.05, 0) is 36.4 Å². The van der Waals surface area contributed by atoms with Crippen LogP contribution in [-0.2, 0) is 13.1 Å². The van der Waals surface area contributed by atoms with Gasteiger partial charge in [-0.3, -0.25) is 4.57 Å². The SMILES string of the molecule is CCn1c(Sc2ccc(CNC(C)C)cc2Cl)n[nH]c1=O. The van der Waals surface area contributed by atoms with E-state index in [1.54, 1.807) is 4.57 Å². The highest BCUT2D eigenvalue weighted by molar-refractivity contribution is 7.99. The highest BCUT2D eigenvalue weighted by Gasteiger charge is 2.11. The third kappa shape index (κ3) is 4.12. The van der Waals surface area contributed by atoms with E-state index in [4.69, 9.17) is 11.6 Å². The van der Waals surface area contributed by atoms with Crippen LogP contribution < -0.4 is 11.0 Å². The van der Waals surface area contributed by atoms with Gasteiger partial charge in [-0.15, -0.1) is 5.10 Å². The maximum atomic E-state index is 11.5. The Morgan fingerprint density at radius 3 is 2.86 bits per heavy atom. The maximum Gasteiger partial charge on any atom is 0.343 e. The Labute approximate surface area is 133 Å². The Balaban J connectivity index is 2.15. The summed E-state index contributed by atoms with van der Waals surface area (Å²) in [7, 11) is 0. The number of benzene rings is 1. The van der Waals surface area contributed by atoms with Crippen molar-refractivity contribution >= 4 is 23.4 Å². The molecule has 0 saturated carbocycles. The molecule has 0 radical (unpaired) electrons. The van der Waals surface area contributed by atoms with E-state index in [1.807, 2.05) is 25.1 Å². The van der Waals surface area contributed by atoms with Gasteiger partial charge < -0.3 is 5.32 Å². The Kier molecular flexibility index (Phi) is 5.50. The molecule has 0 unspecified atom stereocenters. The highest BCUT2D eigenvalue weighted by atomic mass is 35.5. The highest BCUT2D eigenvalue weighted by Crippen LogP contribution is 2.32. The fourth-order valence-electron chi connectivity index (χ4n) is 1.82. The van der Waals surface area contributed by atoms with Crippen LogP contribution in [0.25, 0.3) is 0 Å². The lowest BCUT2D eigenvalue weighted by Crippen LogP contribution is -2.21. The molecule has 0 aliphatic rings. The standard InChI is InChI=1S/C14H19ClN4OS/c1-4-19-13(20)17-18-14(19)21-12-6-5-10(7-11(12)15)8-16-9(2)3/h5-7,9,16H,4,8H2,1-3H3,(H,17,20). The van der Waals surface area contributed by atoms with Crippen LogP contribution in [0.4, 0.5) is 0 Å². The molecule has 2 aromatic rings. The average molecular weight is 327 g/mol. The molecule has 0 saturated heterocycles. The smallest absolute Gasteiger partial charge is 0.310 e. The number of aromatic amines is 1. The number of hydrogen-bond acceptors (Lipinski definition) is 4. The Morgan fingerprint density at radius 1 is 1.48 bits per heavy atom. The molecule has 0 amide bonds. The van der Waals surface area contributed by atoms with Crippen molar-refractivity contribution in [3.63, 3.8) is 0 Å². The Bertz CT molecular complexity index is 665. The number of nitrogens with zero attached hydrogens (tertiary/aromatic N) is 2. The van der Waals surface area contributed by atoms with Crippen LogP contribution in [0.3, 0.4) is 0 Å². The quantitative estimate of drug-likeness (QED) is 0.856. The first-order chi connectivity index (χ1) is 10.0. The first-order valence-electron chi connectivity index (χ1n) is 6.86. The zero-order chi connectivity index (χ0) is 15.4. The van der Waals surface area contributed by atoms with Crippen LogP contribution in [0, 0.1) is 0 Å². The molecular weight excluding hydrogens is 308 g/mol. The fourth-order valence-corrected chi connectivity index (χ4v) is 3.04. The summed E-state index contributed by atoms with van der Waals surface area (Å²) in [6, 6.07) is 6.37. The van der Waals surface area contributed by atoms with E-state index in [-0.39, 0.29) is 5.69 Å². The summed E-state index contributed by atoms with van der Waals surface area (Å²) in [4.78, 5) is 12.4. The summed E-state index contributed by atoms with van der Waals surface area (Å²) in [5.41, 5.74) is 0.932. The van der Waals surface area contributed by atoms with Gasteiger partial charge in [0.1, 0.15) is 0 Å². The van der Waals surface area contributed by atoms with Gasteiger partial charge in [0.15, 0.2) is 5.16 Å². The summed E-state index contributed by atoms with van der Waals surface area (Å²) >= 11 is 7.71. The van der Waals surface area contributed by atoms with Crippen LogP contribution in [0.1, 0.15) is 26.3 Å². The molecule has 0 atom stereocenters. The minimum atomic E-state index is -0.200. The second kappa shape index (κ2) is 7.15. The fraction of sp³-hybridized carbons (Fsp3) is 0.429. The third-order valence-electron chi connectivity index (χ3n) is 2.95. The largest absolute Gasteiger partial charge is 0.343 e. The molecule has 1 aromatic carbocycles. The molecule has 0 bridgehead atoms. The Hall–Kier alpha value is -1.24. The number of halogens is 1. The van der Waals surface area contributed by atoms with Gasteiger partial charge in [0.2, 0.25) is 0 Å². The summed E-state index contributed by atoms with van der Waals surface area (Å²) in [5, 5.41) is 11.1. The first-order valence-corrected chi connectivity index (χ1v) is 8.05. The van der Waals surface area contributed by atoms with Gasteiger partial charge in [0, 0.05) is 24.0 Å². The third-order valence-corrected chi connectivity index (χ3v) is 4.45. The van der Waals surface area contributed by atoms with Gasteiger partial charge in [-0.25, -0.2) is 9.89 Å². The number of hydrogen-bond donors (Lipinski definition) is 2. The van der Waals surface area contributed by atoms with Gasteiger partial charge in [-0.2, -0.15) is 0 Å². The lowest BCUT2D eigenvalue weighted by molar-refractivity contribution is 0.588. The molecule has 0 spiro atoms. The van der Waals surface area contributed by atoms with Crippen molar-refractivity contribution in [2.75, 3.05) is 0 Å². The van der Waals surface area contributed by atoms with Crippen LogP contribution in [-0.4, -0.2) is 20.8 Å². The molecule has 1 aromatic heterocycles. The minimum Gasteiger partial charge on any atom is -0.310 e. The number of aromatic nitrogens is 3. The summed E-state index contributed by atoms with van der Waals surface area (Å²) in [6.45, 7) is 7.47. The molecular formula is C14H19ClN4OS. The molecule has 0 fully saturated rings. The van der Waals surface area contributed by atoms with E-state index in [0.29, 0.717) is 22.8 Å². The van der Waals surface area contributed by atoms with Crippen LogP contribution in [0.15, 0.2) is 33.0 Å². The van der Waals surface area contributed by atoms with Gasteiger partial charge in [0.05, 0.1) is 5.02 Å². The predicted octanol–water partition coefficient (Wildman–Crippen LogP) is 2.89. The normalized spacial score (nSPS) is 11.3. The van der Waals surface area contributed by atoms with Crippen molar-refractivity contribution in [2.45, 2.75) is 50.0 Å². The summed E-state index contributed by atoms with van der Waals surface area (Å²) in [6.07, 6.45) is 0. The lowest BCUT2D eigenvalue weighted by Gasteiger charge is -2.10. The first kappa shape index (κ1) is 16.1. The van der Waals surface area contributed by atoms with Crippen LogP contribution >= 0.6 is 23.4 Å². The molecule has 1 heterocycles. The average Bonchev–Trinajstić information content (AvgIpc) is 2.79. The van der Waals surface area contributed by atoms with Crippen LogP contribution in [0.2, 0.25) is 5.02 Å². The van der Waals surface area contributed by atoms with Gasteiger partial charge in [0.25, 0.3) is 0 Å². The van der Waals surface area contributed by atoms with E-state index in [9.17, 15) is 4.79 Å². The van der Waals surface area contributed by atoms with E-state index in [1.165, 1.54) is 11.8 Å². The van der Waals surface area contributed by atoms with Crippen molar-refractivity contribution in [1.29, 1.82) is 0 Å². The number of H-pyrrole nitrogens is 1. The second-order valence-corrected chi connectivity index (χ2v) is 6.37. The molecule has 5 nitrogen and oxygen atoms in total. The summed E-state index contributed by atoms with van der Waals surface area (Å²) in [5.74, 6) is 0. The molecule has 0 aliphatic heterocycles. The van der Waals surface area contributed by atoms with Gasteiger partial charge in [-0.1, -0.05) is 31.5 Å². The monoisotopic (exact) mass is 326 g/mol. The second-order valence-electron chi connectivity index (χ2n) is 4.96. The minimum absolute atomic E-state index is 0.200. The van der Waals surface area contributed by atoms with E-state index in [0.717, 1.165) is 17.0 Å². The molecule has 114 valence electrons. The maximum absolute atomic E-state index is 11.5. The number of nitrogens with one attached hydrogen (secondary N) is 2. The van der Waals surface area contributed by atoms with Crippen molar-refractivity contribution in [2.24, 2.45) is 0 Å². The number of rotatable bonds is 6. The van der Waals surface area contributed by atoms with E-state index >= 15 is 0 Å². The zero-order valence-corrected chi connectivity index (χ0v) is 13.9. The Morgan fingerprint density at radius 2 is 2.24 bits per heavy atom.